The van der Waals surface area contributed by atoms with Gasteiger partial charge in [-0.1, -0.05) is 20.8 Å². The van der Waals surface area contributed by atoms with Gasteiger partial charge in [0, 0.05) is 12.6 Å². The number of rotatable bonds is 4. The van der Waals surface area contributed by atoms with Crippen molar-refractivity contribution in [3.63, 3.8) is 0 Å². The molecule has 0 aromatic heterocycles. The molecule has 2 saturated heterocycles. The van der Waals surface area contributed by atoms with E-state index in [1.807, 2.05) is 0 Å². The zero-order valence-corrected chi connectivity index (χ0v) is 13.3. The number of likely N-dealkylation sites (tertiary alicyclic amines) is 2. The Bertz CT molecular complexity index is 345. The van der Waals surface area contributed by atoms with Gasteiger partial charge < -0.3 is 10.0 Å². The lowest BCUT2D eigenvalue weighted by Gasteiger charge is -2.32. The molecule has 2 atom stereocenters. The van der Waals surface area contributed by atoms with Crippen LogP contribution in [-0.4, -0.2) is 59.6 Å². The molecule has 2 rings (SSSR count). The van der Waals surface area contributed by atoms with Crippen molar-refractivity contribution in [1.29, 1.82) is 0 Å². The van der Waals surface area contributed by atoms with E-state index in [0.717, 1.165) is 26.1 Å². The lowest BCUT2D eigenvalue weighted by molar-refractivity contribution is -0.151. The molecule has 2 aliphatic heterocycles. The molecule has 0 aliphatic carbocycles. The summed E-state index contributed by atoms with van der Waals surface area (Å²) in [5.41, 5.74) is -0.517. The first-order valence-corrected chi connectivity index (χ1v) is 8.19. The Kier molecular flexibility index (Phi) is 5.08. The molecule has 0 radical (unpaired) electrons. The van der Waals surface area contributed by atoms with Gasteiger partial charge in [0.2, 0.25) is 0 Å². The minimum Gasteiger partial charge on any atom is -0.481 e. The predicted octanol–water partition coefficient (Wildman–Crippen LogP) is 2.29. The molecule has 1 N–H and O–H groups in total. The highest BCUT2D eigenvalue weighted by Gasteiger charge is 2.48. The zero-order chi connectivity index (χ0) is 14.8. The van der Waals surface area contributed by atoms with E-state index in [2.05, 4.69) is 30.6 Å². The fourth-order valence-corrected chi connectivity index (χ4v) is 3.89. The van der Waals surface area contributed by atoms with Crippen molar-refractivity contribution in [2.24, 2.45) is 11.3 Å². The van der Waals surface area contributed by atoms with Crippen LogP contribution >= 0.6 is 0 Å². The van der Waals surface area contributed by atoms with Gasteiger partial charge in [-0.05, 0) is 57.8 Å². The molecule has 2 aliphatic rings. The van der Waals surface area contributed by atoms with Crippen molar-refractivity contribution in [3.8, 4) is 0 Å². The van der Waals surface area contributed by atoms with E-state index < -0.39 is 11.4 Å². The zero-order valence-electron chi connectivity index (χ0n) is 13.3. The summed E-state index contributed by atoms with van der Waals surface area (Å²) in [4.78, 5) is 16.7. The first kappa shape index (κ1) is 15.8. The molecule has 2 heterocycles. The lowest BCUT2D eigenvalue weighted by atomic mass is 9.76. The SMILES string of the molecule is CCN1CCCC(N2CCC(C(=O)O)(C(C)C)C2)CC1. The molecule has 0 aromatic rings. The molecule has 0 amide bonds. The Balaban J connectivity index is 2.00. The molecule has 0 bridgehead atoms. The third-order valence-corrected chi connectivity index (χ3v) is 5.62. The summed E-state index contributed by atoms with van der Waals surface area (Å²) in [5, 5.41) is 9.65. The summed E-state index contributed by atoms with van der Waals surface area (Å²) in [6.45, 7) is 11.6. The second-order valence-corrected chi connectivity index (χ2v) is 6.86. The normalized spacial score (nSPS) is 33.5. The van der Waals surface area contributed by atoms with Crippen LogP contribution in [0.25, 0.3) is 0 Å². The maximum absolute atomic E-state index is 11.7. The van der Waals surface area contributed by atoms with Crippen molar-refractivity contribution in [2.45, 2.75) is 52.5 Å². The van der Waals surface area contributed by atoms with Crippen LogP contribution in [0.4, 0.5) is 0 Å². The molecule has 116 valence electrons. The van der Waals surface area contributed by atoms with Crippen molar-refractivity contribution >= 4 is 5.97 Å². The van der Waals surface area contributed by atoms with E-state index in [-0.39, 0.29) is 5.92 Å². The number of hydrogen-bond acceptors (Lipinski definition) is 3. The third-order valence-electron chi connectivity index (χ3n) is 5.62. The number of hydrogen-bond donors (Lipinski definition) is 1. The number of carboxylic acid groups (broad SMARTS) is 1. The second-order valence-electron chi connectivity index (χ2n) is 6.86. The minimum absolute atomic E-state index is 0.211. The minimum atomic E-state index is -0.598. The molecule has 4 nitrogen and oxygen atoms in total. The van der Waals surface area contributed by atoms with Crippen molar-refractivity contribution in [1.82, 2.24) is 9.80 Å². The van der Waals surface area contributed by atoms with E-state index in [1.165, 1.54) is 32.4 Å². The van der Waals surface area contributed by atoms with Crippen LogP contribution < -0.4 is 0 Å². The largest absolute Gasteiger partial charge is 0.481 e. The Morgan fingerprint density at radius 3 is 2.60 bits per heavy atom. The Labute approximate surface area is 123 Å². The summed E-state index contributed by atoms with van der Waals surface area (Å²) < 4.78 is 0. The van der Waals surface area contributed by atoms with Crippen LogP contribution in [0.15, 0.2) is 0 Å². The monoisotopic (exact) mass is 282 g/mol. The molecule has 4 heteroatoms. The van der Waals surface area contributed by atoms with Gasteiger partial charge >= 0.3 is 5.97 Å². The summed E-state index contributed by atoms with van der Waals surface area (Å²) in [7, 11) is 0. The third kappa shape index (κ3) is 3.01. The fourth-order valence-electron chi connectivity index (χ4n) is 3.89. The topological polar surface area (TPSA) is 43.8 Å². The molecular formula is C16H30N2O2. The molecule has 0 aromatic carbocycles. The number of carboxylic acids is 1. The van der Waals surface area contributed by atoms with Crippen LogP contribution in [-0.2, 0) is 4.79 Å². The van der Waals surface area contributed by atoms with Gasteiger partial charge in [0.25, 0.3) is 0 Å². The highest BCUT2D eigenvalue weighted by molar-refractivity contribution is 5.75. The van der Waals surface area contributed by atoms with E-state index in [1.54, 1.807) is 0 Å². The molecule has 20 heavy (non-hydrogen) atoms. The van der Waals surface area contributed by atoms with Crippen LogP contribution in [0.5, 0.6) is 0 Å². The molecule has 2 fully saturated rings. The lowest BCUT2D eigenvalue weighted by Crippen LogP contribution is -2.42. The van der Waals surface area contributed by atoms with Gasteiger partial charge in [0.05, 0.1) is 5.41 Å². The van der Waals surface area contributed by atoms with Gasteiger partial charge in [-0.25, -0.2) is 0 Å². The smallest absolute Gasteiger partial charge is 0.311 e. The Hall–Kier alpha value is -0.610. The van der Waals surface area contributed by atoms with Gasteiger partial charge in [-0.3, -0.25) is 9.69 Å². The fraction of sp³-hybridized carbons (Fsp3) is 0.938. The number of aliphatic carboxylic acids is 1. The van der Waals surface area contributed by atoms with E-state index in [9.17, 15) is 9.90 Å². The summed E-state index contributed by atoms with van der Waals surface area (Å²) >= 11 is 0. The summed E-state index contributed by atoms with van der Waals surface area (Å²) in [5.74, 6) is -0.387. The molecule has 0 spiro atoms. The van der Waals surface area contributed by atoms with Crippen LogP contribution in [0.3, 0.4) is 0 Å². The van der Waals surface area contributed by atoms with Crippen molar-refractivity contribution in [3.05, 3.63) is 0 Å². The van der Waals surface area contributed by atoms with Gasteiger partial charge in [-0.15, -0.1) is 0 Å². The molecular weight excluding hydrogens is 252 g/mol. The van der Waals surface area contributed by atoms with E-state index in [0.29, 0.717) is 6.04 Å². The Morgan fingerprint density at radius 2 is 2.05 bits per heavy atom. The maximum atomic E-state index is 11.7. The number of carbonyl (C=O) groups is 1. The van der Waals surface area contributed by atoms with Gasteiger partial charge in [0.1, 0.15) is 0 Å². The molecule has 2 unspecified atom stereocenters. The molecule has 0 saturated carbocycles. The second kappa shape index (κ2) is 6.44. The highest BCUT2D eigenvalue weighted by Crippen LogP contribution is 2.40. The number of nitrogens with zero attached hydrogens (tertiary/aromatic N) is 2. The first-order chi connectivity index (χ1) is 9.49. The summed E-state index contributed by atoms with van der Waals surface area (Å²) in [6, 6.07) is 0.589. The van der Waals surface area contributed by atoms with Crippen LogP contribution in [0.2, 0.25) is 0 Å². The highest BCUT2D eigenvalue weighted by atomic mass is 16.4. The quantitative estimate of drug-likeness (QED) is 0.859. The van der Waals surface area contributed by atoms with Crippen molar-refractivity contribution < 1.29 is 9.90 Å². The summed E-state index contributed by atoms with van der Waals surface area (Å²) in [6.07, 6.45) is 4.48. The van der Waals surface area contributed by atoms with E-state index >= 15 is 0 Å². The van der Waals surface area contributed by atoms with E-state index in [4.69, 9.17) is 0 Å². The average Bonchev–Trinajstić information content (AvgIpc) is 2.73. The van der Waals surface area contributed by atoms with Gasteiger partial charge in [-0.2, -0.15) is 0 Å². The average molecular weight is 282 g/mol. The standard InChI is InChI=1S/C16H30N2O2/c1-4-17-9-5-6-14(7-10-17)18-11-8-16(12-18,13(2)3)15(19)20/h13-14H,4-12H2,1-3H3,(H,19,20). The van der Waals surface area contributed by atoms with Crippen molar-refractivity contribution in [2.75, 3.05) is 32.7 Å². The van der Waals surface area contributed by atoms with Crippen LogP contribution in [0.1, 0.15) is 46.5 Å². The predicted molar refractivity (Wildman–Crippen MR) is 80.8 cm³/mol. The van der Waals surface area contributed by atoms with Crippen LogP contribution in [0, 0.1) is 11.3 Å². The van der Waals surface area contributed by atoms with Gasteiger partial charge in [0.15, 0.2) is 0 Å². The maximum Gasteiger partial charge on any atom is 0.311 e. The Morgan fingerprint density at radius 1 is 1.30 bits per heavy atom. The first-order valence-electron chi connectivity index (χ1n) is 8.19.